The molecule has 0 unspecified atom stereocenters. The Morgan fingerprint density at radius 2 is 1.20 bits per heavy atom. The van der Waals surface area contributed by atoms with Crippen molar-refractivity contribution in [2.45, 2.75) is 194 Å². The average Bonchev–Trinajstić information content (AvgIpc) is 0.773. The standard InChI is InChI=1S/C91H108Cl2N12O28/c1-41(2)12-7-5-4-6-8-13-64(111)99-73-76(114)78(116)81(89(125)126)133-90(73)132-80-61-34-46-35-62(80)129-58-23-18-45(32-53(58)92)74(112)72-88(124)103-70(83(119)97-26-11-29-105(27-9-24-94)28-10-25-95)51-36-47(107)37-60(130-91-79(117)77(115)75(113)63(40-106)131-91)65(51)50-31-43(16-21-55(50)108)68(85(121)104-72)100-86(122)69(46)101-87(123)71-52-38-49(39-57(110)66(52)93)128-59-33-44(17-22-56(59)109)67(96-3)84(120)98-54(82(118)102-71)30-42-14-19-48(127-61)20-15-42/h14-23,31-39,41,54,63,67-79,81,90-91,96,106-110,112-117H,4-13,24-30,40,94-95H2,1-3H3,(H,97,119)(H,98,120)(H,99,111)(H,100,122)(H,101,123)(H,102,118)(H,103,124)(H,104,121)(H,125,126)/t54-,63-,67+,68-,69-,70-,71+,72+,73-,74-,75-,76-,77+,78+,79+,81+,90-,91+/m1/s1. The summed E-state index contributed by atoms with van der Waals surface area (Å²) in [5.41, 5.74) is 9.01. The van der Waals surface area contributed by atoms with Crippen LogP contribution in [0.5, 0.6) is 69.0 Å². The molecular formula is C91H108Cl2N12O28. The highest BCUT2D eigenvalue weighted by Crippen LogP contribution is 2.51. The van der Waals surface area contributed by atoms with Crippen LogP contribution in [-0.2, 0) is 59.0 Å². The van der Waals surface area contributed by atoms with E-state index in [1.165, 1.54) is 49.5 Å². The number of nitrogens with zero attached hydrogens (tertiary/aromatic N) is 1. The van der Waals surface area contributed by atoms with Gasteiger partial charge in [-0.25, -0.2) is 4.79 Å². The molecule has 42 heteroatoms. The molecule has 25 N–H and O–H groups in total. The number of aliphatic hydroxyl groups is 7. The minimum Gasteiger partial charge on any atom is -0.508 e. The quantitative estimate of drug-likeness (QED) is 0.0329. The number of aliphatic hydroxyl groups excluding tert-OH is 7. The van der Waals surface area contributed by atoms with Crippen molar-refractivity contribution in [3.8, 4) is 80.1 Å². The summed E-state index contributed by atoms with van der Waals surface area (Å²) in [6, 6.07) is 5.54. The maximum atomic E-state index is 16.9. The monoisotopic (exact) mass is 1890 g/mol. The Balaban J connectivity index is 1.04. The van der Waals surface area contributed by atoms with Crippen molar-refractivity contribution in [3.63, 3.8) is 0 Å². The lowest BCUT2D eigenvalue weighted by Gasteiger charge is -2.41. The van der Waals surface area contributed by atoms with Crippen molar-refractivity contribution < 1.29 is 138 Å². The number of hydrogen-bond acceptors (Lipinski definition) is 31. The number of hydrogen-bond donors (Lipinski definition) is 23. The lowest BCUT2D eigenvalue weighted by Crippen LogP contribution is -2.66. The van der Waals surface area contributed by atoms with E-state index in [9.17, 15) is 75.7 Å². The van der Waals surface area contributed by atoms with E-state index in [4.69, 9.17) is 67.8 Å². The first-order valence-corrected chi connectivity index (χ1v) is 44.3. The van der Waals surface area contributed by atoms with Gasteiger partial charge in [0.05, 0.1) is 16.7 Å². The predicted octanol–water partition coefficient (Wildman–Crippen LogP) is 3.22. The van der Waals surface area contributed by atoms with E-state index in [0.29, 0.717) is 69.9 Å². The highest BCUT2D eigenvalue weighted by atomic mass is 35.5. The first-order chi connectivity index (χ1) is 63.6. The molecule has 8 aliphatic rings. The Kier molecular flexibility index (Phi) is 32.5. The van der Waals surface area contributed by atoms with E-state index in [0.717, 1.165) is 98.5 Å². The van der Waals surface area contributed by atoms with Gasteiger partial charge in [0.2, 0.25) is 65.6 Å². The Hall–Kier alpha value is -12.0. The van der Waals surface area contributed by atoms with Gasteiger partial charge in [0.25, 0.3) is 0 Å². The number of fused-ring (bicyclic) bond motifs is 14. The number of carbonyl (C=O) groups is 9. The maximum absolute atomic E-state index is 16.9. The second kappa shape index (κ2) is 43.8. The van der Waals surface area contributed by atoms with E-state index in [1.54, 1.807) is 0 Å². The lowest BCUT2D eigenvalue weighted by molar-refractivity contribution is -0.277. The summed E-state index contributed by atoms with van der Waals surface area (Å²) >= 11 is 14.4. The van der Waals surface area contributed by atoms with Crippen molar-refractivity contribution >= 4 is 76.4 Å². The van der Waals surface area contributed by atoms with Crippen molar-refractivity contribution in [3.05, 3.63) is 164 Å². The fourth-order valence-electron chi connectivity index (χ4n) is 16.6. The minimum absolute atomic E-state index is 0.132. The van der Waals surface area contributed by atoms with Gasteiger partial charge in [0.1, 0.15) is 131 Å². The largest absolute Gasteiger partial charge is 0.508 e. The second-order valence-electron chi connectivity index (χ2n) is 33.7. The molecule has 8 aliphatic heterocycles. The van der Waals surface area contributed by atoms with Crippen LogP contribution in [0.4, 0.5) is 0 Å². The molecule has 15 rings (SSSR count). The summed E-state index contributed by atoms with van der Waals surface area (Å²) < 4.78 is 44.6. The van der Waals surface area contributed by atoms with Crippen LogP contribution in [0.15, 0.2) is 115 Å². The number of rotatable bonds is 27. The number of likely N-dealkylation sites (N-methyl/N-ethyl adjacent to an activating group) is 1. The van der Waals surface area contributed by atoms with Crippen molar-refractivity contribution in [2.75, 3.05) is 52.9 Å². The van der Waals surface area contributed by atoms with Gasteiger partial charge in [-0.3, -0.25) is 38.4 Å². The molecule has 7 aromatic carbocycles. The van der Waals surface area contributed by atoms with Gasteiger partial charge in [-0.1, -0.05) is 99.5 Å². The smallest absolute Gasteiger partial charge is 0.335 e. The summed E-state index contributed by atoms with van der Waals surface area (Å²) in [5.74, 6) is -17.7. The molecule has 17 bridgehead atoms. The van der Waals surface area contributed by atoms with Crippen LogP contribution in [0.2, 0.25) is 10.0 Å². The number of phenolic OH excluding ortho intramolecular Hbond substituents is 4. The molecule has 0 saturated carbocycles. The molecular weight excluding hydrogens is 1780 g/mol. The van der Waals surface area contributed by atoms with E-state index in [1.807, 2.05) is 0 Å². The summed E-state index contributed by atoms with van der Waals surface area (Å²) in [5, 5.41) is 162. The number of nitrogens with two attached hydrogens (primary N) is 2. The topological polar surface area (TPSA) is 625 Å². The van der Waals surface area contributed by atoms with Crippen LogP contribution >= 0.6 is 23.2 Å². The van der Waals surface area contributed by atoms with Crippen LogP contribution in [0, 0.1) is 5.92 Å². The zero-order valence-electron chi connectivity index (χ0n) is 72.4. The summed E-state index contributed by atoms with van der Waals surface area (Å²) in [4.78, 5) is 141. The lowest BCUT2D eigenvalue weighted by atomic mass is 9.89. The molecule has 714 valence electrons. The van der Waals surface area contributed by atoms with Crippen LogP contribution in [0.25, 0.3) is 11.1 Å². The molecule has 0 aliphatic carbocycles. The highest BCUT2D eigenvalue weighted by molar-refractivity contribution is 6.33. The number of nitrogens with one attached hydrogen (secondary N) is 9. The number of aromatic hydroxyl groups is 4. The zero-order chi connectivity index (χ0) is 95.5. The molecule has 18 atom stereocenters. The number of halogens is 2. The van der Waals surface area contributed by atoms with Gasteiger partial charge in [-0.2, -0.15) is 0 Å². The van der Waals surface area contributed by atoms with Crippen LogP contribution < -0.4 is 83.0 Å². The van der Waals surface area contributed by atoms with Gasteiger partial charge >= 0.3 is 5.97 Å². The Labute approximate surface area is 771 Å². The molecule has 7 aromatic rings. The number of amides is 8. The number of benzene rings is 7. The van der Waals surface area contributed by atoms with E-state index >= 15 is 28.8 Å². The number of unbranched alkanes of at least 4 members (excludes halogenated alkanes) is 4. The number of ether oxygens (including phenoxy) is 7. The van der Waals surface area contributed by atoms with E-state index in [2.05, 4.69) is 66.6 Å². The second-order valence-corrected chi connectivity index (χ2v) is 34.5. The number of phenols is 4. The fourth-order valence-corrected chi connectivity index (χ4v) is 17.1. The molecule has 0 aromatic heterocycles. The van der Waals surface area contributed by atoms with Crippen LogP contribution in [0.3, 0.4) is 0 Å². The van der Waals surface area contributed by atoms with Gasteiger partial charge in [-0.05, 0) is 178 Å². The van der Waals surface area contributed by atoms with Crippen molar-refractivity contribution in [1.29, 1.82) is 0 Å². The predicted molar refractivity (Wildman–Crippen MR) is 473 cm³/mol. The van der Waals surface area contributed by atoms with Crippen LogP contribution in [0.1, 0.15) is 153 Å². The normalized spacial score (nSPS) is 25.3. The molecule has 8 amide bonds. The maximum Gasteiger partial charge on any atom is 0.335 e. The molecule has 133 heavy (non-hydrogen) atoms. The Bertz CT molecular complexity index is 5440. The summed E-state index contributed by atoms with van der Waals surface area (Å²) in [6.07, 6.45) is -15.9. The molecule has 0 spiro atoms. The molecule has 40 nitrogen and oxygen atoms in total. The fraction of sp³-hybridized carbons (Fsp3) is 0.440. The van der Waals surface area contributed by atoms with E-state index < -0.39 is 271 Å². The number of carboxylic acids is 1. The molecule has 2 fully saturated rings. The third kappa shape index (κ3) is 22.9. The first kappa shape index (κ1) is 98.5. The van der Waals surface area contributed by atoms with Gasteiger partial charge in [-0.15, -0.1) is 0 Å². The molecule has 2 saturated heterocycles. The number of carbonyl (C=O) groups excluding carboxylic acids is 8. The Morgan fingerprint density at radius 3 is 1.89 bits per heavy atom. The van der Waals surface area contributed by atoms with Crippen molar-refractivity contribution in [2.24, 2.45) is 17.4 Å². The summed E-state index contributed by atoms with van der Waals surface area (Å²) in [6.45, 7) is 5.32. The molecule has 0 radical (unpaired) electrons. The number of aliphatic carboxylic acids is 1. The average molecular weight is 1890 g/mol. The Morgan fingerprint density at radius 1 is 0.556 bits per heavy atom. The number of carboxylic acid groups (broad SMARTS) is 1. The minimum atomic E-state index is -2.46. The molecule has 8 heterocycles. The summed E-state index contributed by atoms with van der Waals surface area (Å²) in [7, 11) is 1.43. The van der Waals surface area contributed by atoms with Gasteiger partial charge < -0.3 is 159 Å². The first-order valence-electron chi connectivity index (χ1n) is 43.6. The third-order valence-corrected chi connectivity index (χ3v) is 24.4. The third-order valence-electron chi connectivity index (χ3n) is 23.7. The van der Waals surface area contributed by atoms with Gasteiger partial charge in [0.15, 0.2) is 29.1 Å². The highest BCUT2D eigenvalue weighted by Gasteiger charge is 2.52. The SMILES string of the molecule is CN[C@@H]1C(=O)N[C@@H]2Cc3ccc(cc3)Oc3cc4cc(c3O[C@@H]3O[C@H](C(=O)O)[C@@H](O)[C@H](O)[C@H]3NC(=O)CCCCCCCC(C)C)Oc3ccc(cc3Cl)[C@@H](O)[C@@H]3NC(=O)[C@H](NC(=O)[C@@H]4NC(=O)[C@@H](NC2=O)c2cc(cc(O)c2Cl)Oc2cc1ccc2O)c1ccc(O)c(c1)-c1c(O[C@H]2O[C@H](CO)[C@@H](O)[C@H](O)[C@@H]2O)cc(O)cc1[C@H](C(=O)NCCCN(CCCN)CCCN)NC3=O. The van der Waals surface area contributed by atoms with E-state index in [-0.39, 0.29) is 47.8 Å². The van der Waals surface area contributed by atoms with Gasteiger partial charge in [0, 0.05) is 48.2 Å². The van der Waals surface area contributed by atoms with Crippen molar-refractivity contribution in [1.82, 2.24) is 52.8 Å². The zero-order valence-corrected chi connectivity index (χ0v) is 73.9. The van der Waals surface area contributed by atoms with Crippen LogP contribution in [-0.4, -0.2) is 246 Å².